The van der Waals surface area contributed by atoms with E-state index >= 15 is 0 Å². The third-order valence-corrected chi connectivity index (χ3v) is 6.60. The van der Waals surface area contributed by atoms with Gasteiger partial charge >= 0.3 is 0 Å². The van der Waals surface area contributed by atoms with Gasteiger partial charge in [-0.05, 0) is 30.9 Å². The van der Waals surface area contributed by atoms with Crippen molar-refractivity contribution in [3.8, 4) is 0 Å². The smallest absolute Gasteiger partial charge is 0.259 e. The molecule has 0 aromatic heterocycles. The van der Waals surface area contributed by atoms with Crippen LogP contribution in [0.3, 0.4) is 0 Å². The molecule has 0 aliphatic carbocycles. The molecule has 1 aromatic carbocycles. The molecule has 0 N–H and O–H groups in total. The summed E-state index contributed by atoms with van der Waals surface area (Å²) in [4.78, 5) is 13.6. The Bertz CT molecular complexity index is 660. The highest BCUT2D eigenvalue weighted by molar-refractivity contribution is 7.92. The van der Waals surface area contributed by atoms with E-state index in [1.54, 1.807) is 0 Å². The topological polar surface area (TPSA) is 54.5 Å². The molecule has 0 bridgehead atoms. The summed E-state index contributed by atoms with van der Waals surface area (Å²) in [5.41, 5.74) is -0.573. The fourth-order valence-corrected chi connectivity index (χ4v) is 5.01. The Morgan fingerprint density at radius 3 is 2.22 bits per heavy atom. The lowest BCUT2D eigenvalue weighted by Gasteiger charge is -2.32. The summed E-state index contributed by atoms with van der Waals surface area (Å²) in [6.45, 7) is 4.07. The molecule has 0 atom stereocenters. The molecule has 1 heterocycles. The molecule has 1 fully saturated rings. The van der Waals surface area contributed by atoms with Crippen LogP contribution < -0.4 is 0 Å². The van der Waals surface area contributed by atoms with E-state index in [2.05, 4.69) is 0 Å². The van der Waals surface area contributed by atoms with Crippen molar-refractivity contribution in [3.63, 3.8) is 0 Å². The van der Waals surface area contributed by atoms with Gasteiger partial charge in [-0.3, -0.25) is 4.79 Å². The highest BCUT2D eigenvalue weighted by Crippen LogP contribution is 2.23. The largest absolute Gasteiger partial charge is 0.338 e. The Kier molecular flexibility index (Phi) is 5.39. The molecule has 1 aromatic rings. The van der Waals surface area contributed by atoms with Crippen molar-refractivity contribution in [1.82, 2.24) is 4.90 Å². The van der Waals surface area contributed by atoms with Gasteiger partial charge in [0.1, 0.15) is 17.2 Å². The quantitative estimate of drug-likeness (QED) is 0.843. The Hall–Kier alpha value is -1.50. The maximum Gasteiger partial charge on any atom is 0.259 e. The predicted molar refractivity (Wildman–Crippen MR) is 83.9 cm³/mol. The van der Waals surface area contributed by atoms with Crippen molar-refractivity contribution in [2.45, 2.75) is 31.9 Å². The van der Waals surface area contributed by atoms with Crippen molar-refractivity contribution < 1.29 is 22.0 Å². The minimum atomic E-state index is -3.20. The summed E-state index contributed by atoms with van der Waals surface area (Å²) in [5, 5.41) is -0.487. The molecule has 7 heteroatoms. The highest BCUT2D eigenvalue weighted by Gasteiger charge is 2.33. The molecule has 0 unspecified atom stereocenters. The van der Waals surface area contributed by atoms with Crippen LogP contribution in [0.2, 0.25) is 0 Å². The number of likely N-dealkylation sites (tertiary alicyclic amines) is 1. The number of hydrogen-bond acceptors (Lipinski definition) is 3. The normalized spacial score (nSPS) is 16.8. The molecule has 128 valence electrons. The number of nitrogens with zero attached hydrogens (tertiary/aromatic N) is 1. The number of carbonyl (C=O) groups excluding carboxylic acids is 1. The van der Waals surface area contributed by atoms with Gasteiger partial charge in [0.2, 0.25) is 0 Å². The Morgan fingerprint density at radius 2 is 1.74 bits per heavy atom. The molecule has 0 radical (unpaired) electrons. The van der Waals surface area contributed by atoms with E-state index in [0.717, 1.165) is 12.1 Å². The van der Waals surface area contributed by atoms with E-state index < -0.39 is 38.2 Å². The van der Waals surface area contributed by atoms with Gasteiger partial charge in [-0.25, -0.2) is 17.2 Å². The molecule has 1 aliphatic rings. The maximum absolute atomic E-state index is 13.7. The van der Waals surface area contributed by atoms with Crippen LogP contribution in [0.5, 0.6) is 0 Å². The van der Waals surface area contributed by atoms with E-state index in [1.807, 2.05) is 13.8 Å². The first-order valence-electron chi connectivity index (χ1n) is 7.67. The number of benzene rings is 1. The average Bonchev–Trinajstić information content (AvgIpc) is 2.45. The second-order valence-corrected chi connectivity index (χ2v) is 8.64. The van der Waals surface area contributed by atoms with Crippen LogP contribution in [0.15, 0.2) is 18.2 Å². The molecule has 4 nitrogen and oxygen atoms in total. The summed E-state index contributed by atoms with van der Waals surface area (Å²) in [7, 11) is -3.20. The zero-order valence-corrected chi connectivity index (χ0v) is 14.1. The van der Waals surface area contributed by atoms with Crippen LogP contribution >= 0.6 is 0 Å². The fourth-order valence-electron chi connectivity index (χ4n) is 2.88. The van der Waals surface area contributed by atoms with Crippen molar-refractivity contribution in [2.75, 3.05) is 18.8 Å². The summed E-state index contributed by atoms with van der Waals surface area (Å²) in [5.74, 6) is -2.35. The van der Waals surface area contributed by atoms with Crippen LogP contribution in [0.4, 0.5) is 8.78 Å². The fraction of sp³-hybridized carbons (Fsp3) is 0.562. The van der Waals surface area contributed by atoms with Crippen LogP contribution in [0.1, 0.15) is 37.0 Å². The molecule has 1 saturated heterocycles. The monoisotopic (exact) mass is 345 g/mol. The SMILES string of the molecule is CC(C)CS(=O)(=O)C1CCN(C(=O)c2c(F)cccc2F)CC1. The van der Waals surface area contributed by atoms with Gasteiger partial charge in [0, 0.05) is 13.1 Å². The molecular weight excluding hydrogens is 324 g/mol. The van der Waals surface area contributed by atoms with E-state index in [9.17, 15) is 22.0 Å². The molecule has 0 saturated carbocycles. The molecule has 0 spiro atoms. The van der Waals surface area contributed by atoms with Gasteiger partial charge < -0.3 is 4.90 Å². The summed E-state index contributed by atoms with van der Waals surface area (Å²) < 4.78 is 51.8. The number of sulfone groups is 1. The molecule has 1 amide bonds. The summed E-state index contributed by atoms with van der Waals surface area (Å²) in [6, 6.07) is 3.28. The van der Waals surface area contributed by atoms with Crippen molar-refractivity contribution in [3.05, 3.63) is 35.4 Å². The maximum atomic E-state index is 13.7. The van der Waals surface area contributed by atoms with Gasteiger partial charge in [0.25, 0.3) is 5.91 Å². The number of carbonyl (C=O) groups is 1. The summed E-state index contributed by atoms with van der Waals surface area (Å²) >= 11 is 0. The van der Waals surface area contributed by atoms with E-state index in [1.165, 1.54) is 11.0 Å². The zero-order valence-electron chi connectivity index (χ0n) is 13.3. The second kappa shape index (κ2) is 6.95. The minimum Gasteiger partial charge on any atom is -0.338 e. The van der Waals surface area contributed by atoms with Crippen LogP contribution in [0.25, 0.3) is 0 Å². The Labute approximate surface area is 135 Å². The summed E-state index contributed by atoms with van der Waals surface area (Å²) in [6.07, 6.45) is 0.605. The second-order valence-electron chi connectivity index (χ2n) is 6.31. The standard InChI is InChI=1S/C16H21F2NO3S/c1-11(2)10-23(21,22)12-6-8-19(9-7-12)16(20)15-13(17)4-3-5-14(15)18/h3-5,11-12H,6-10H2,1-2H3. The first-order valence-corrected chi connectivity index (χ1v) is 9.38. The first kappa shape index (κ1) is 17.8. The lowest BCUT2D eigenvalue weighted by atomic mass is 10.1. The Balaban J connectivity index is 2.06. The number of amides is 1. The van der Waals surface area contributed by atoms with Crippen molar-refractivity contribution in [2.24, 2.45) is 5.92 Å². The lowest BCUT2D eigenvalue weighted by molar-refractivity contribution is 0.0715. The van der Waals surface area contributed by atoms with E-state index in [-0.39, 0.29) is 24.8 Å². The average molecular weight is 345 g/mol. The van der Waals surface area contributed by atoms with Crippen molar-refractivity contribution in [1.29, 1.82) is 0 Å². The first-order chi connectivity index (χ1) is 10.7. The lowest BCUT2D eigenvalue weighted by Crippen LogP contribution is -2.43. The van der Waals surface area contributed by atoms with Gasteiger partial charge in [-0.15, -0.1) is 0 Å². The highest BCUT2D eigenvalue weighted by atomic mass is 32.2. The van der Waals surface area contributed by atoms with Crippen LogP contribution in [0, 0.1) is 17.6 Å². The number of hydrogen-bond donors (Lipinski definition) is 0. The molecule has 2 rings (SSSR count). The Morgan fingerprint density at radius 1 is 1.22 bits per heavy atom. The van der Waals surface area contributed by atoms with Crippen LogP contribution in [-0.4, -0.2) is 43.3 Å². The molecule has 23 heavy (non-hydrogen) atoms. The van der Waals surface area contributed by atoms with E-state index in [0.29, 0.717) is 12.8 Å². The third-order valence-electron chi connectivity index (χ3n) is 3.98. The van der Waals surface area contributed by atoms with Gasteiger partial charge in [-0.1, -0.05) is 19.9 Å². The van der Waals surface area contributed by atoms with Gasteiger partial charge in [0.15, 0.2) is 9.84 Å². The number of rotatable bonds is 4. The van der Waals surface area contributed by atoms with E-state index in [4.69, 9.17) is 0 Å². The predicted octanol–water partition coefficient (Wildman–Crippen LogP) is 2.64. The van der Waals surface area contributed by atoms with Gasteiger partial charge in [0.05, 0.1) is 11.0 Å². The number of piperidine rings is 1. The zero-order chi connectivity index (χ0) is 17.2. The minimum absolute atomic E-state index is 0.0483. The molecular formula is C16H21F2NO3S. The van der Waals surface area contributed by atoms with Crippen LogP contribution in [-0.2, 0) is 9.84 Å². The number of halogens is 2. The third kappa shape index (κ3) is 4.07. The molecule has 1 aliphatic heterocycles. The van der Waals surface area contributed by atoms with Gasteiger partial charge in [-0.2, -0.15) is 0 Å². The van der Waals surface area contributed by atoms with Crippen molar-refractivity contribution >= 4 is 15.7 Å².